The molecule has 0 saturated heterocycles. The number of nitrogens with zero attached hydrogens (tertiary/aromatic N) is 2. The Bertz CT molecular complexity index is 1410. The normalized spacial score (nSPS) is 11.9. The van der Waals surface area contributed by atoms with Gasteiger partial charge in [-0.25, -0.2) is 0 Å². The molecule has 37 heavy (non-hydrogen) atoms. The lowest BCUT2D eigenvalue weighted by Crippen LogP contribution is -2.30. The topological polar surface area (TPSA) is 17.8 Å². The van der Waals surface area contributed by atoms with Gasteiger partial charge in [0.15, 0.2) is 0 Å². The van der Waals surface area contributed by atoms with Crippen LogP contribution < -0.4 is 5.72 Å². The molecular weight excluding hydrogens is 510 g/mol. The van der Waals surface area contributed by atoms with Crippen molar-refractivity contribution in [1.82, 2.24) is 9.55 Å². The molecule has 4 aromatic carbocycles. The fourth-order valence-corrected chi connectivity index (χ4v) is 7.11. The predicted octanol–water partition coefficient (Wildman–Crippen LogP) is 6.37. The van der Waals surface area contributed by atoms with Gasteiger partial charge in [-0.2, -0.15) is 0 Å². The predicted molar refractivity (Wildman–Crippen MR) is 163 cm³/mol. The Morgan fingerprint density at radius 1 is 0.784 bits per heavy atom. The summed E-state index contributed by atoms with van der Waals surface area (Å²) in [4.78, 5) is 4.78. The molecule has 1 heterocycles. The molecule has 0 aliphatic carbocycles. The minimum absolute atomic E-state index is 0.359. The van der Waals surface area contributed by atoms with Gasteiger partial charge >= 0.3 is 0 Å². The van der Waals surface area contributed by atoms with Gasteiger partial charge in [-0.15, -0.1) is 0 Å². The summed E-state index contributed by atoms with van der Waals surface area (Å²) in [6.07, 6.45) is 7.30. The van der Waals surface area contributed by atoms with E-state index in [-0.39, 0.29) is 0 Å². The Balaban J connectivity index is 1.40. The maximum Gasteiger partial charge on any atom is 0.239 e. The van der Waals surface area contributed by atoms with E-state index in [4.69, 9.17) is 28.2 Å². The zero-order valence-corrected chi connectivity index (χ0v) is 23.4. The van der Waals surface area contributed by atoms with Gasteiger partial charge in [0.2, 0.25) is 7.28 Å². The molecule has 0 amide bonds. The van der Waals surface area contributed by atoms with Crippen LogP contribution in [0.3, 0.4) is 0 Å². The standard InChI is InChI=1S/C31H27BCl2N2Si/c33-27-15-11-25(12-16-27)30(26-13-17-28(34)18-14-26)37-22-36-20-19-35-31(36)32-29(24-9-5-2-6-10-24)21-23-7-3-1-4-8-23/h1-21,30,32H,22,37H2. The van der Waals surface area contributed by atoms with E-state index in [9.17, 15) is 0 Å². The van der Waals surface area contributed by atoms with Crippen LogP contribution in [0.1, 0.15) is 27.8 Å². The Kier molecular flexibility index (Phi) is 8.42. The van der Waals surface area contributed by atoms with E-state index in [1.54, 1.807) is 0 Å². The second-order valence-corrected chi connectivity index (χ2v) is 11.8. The molecule has 1 aromatic heterocycles. The number of imidazole rings is 1. The van der Waals surface area contributed by atoms with Crippen LogP contribution >= 0.6 is 23.2 Å². The van der Waals surface area contributed by atoms with Crippen molar-refractivity contribution in [3.8, 4) is 0 Å². The lowest BCUT2D eigenvalue weighted by atomic mass is 9.65. The molecule has 5 rings (SSSR count). The highest BCUT2D eigenvalue weighted by atomic mass is 35.5. The van der Waals surface area contributed by atoms with E-state index in [2.05, 4.69) is 102 Å². The van der Waals surface area contributed by atoms with Crippen molar-refractivity contribution in [2.45, 2.75) is 11.7 Å². The molecule has 0 N–H and O–H groups in total. The van der Waals surface area contributed by atoms with Gasteiger partial charge in [-0.05, 0) is 52.1 Å². The summed E-state index contributed by atoms with van der Waals surface area (Å²) in [6, 6.07) is 37.6. The zero-order chi connectivity index (χ0) is 25.5. The summed E-state index contributed by atoms with van der Waals surface area (Å²) >= 11 is 12.4. The quantitative estimate of drug-likeness (QED) is 0.158. The summed E-state index contributed by atoms with van der Waals surface area (Å²) in [5.41, 5.74) is 7.72. The number of aromatic nitrogens is 2. The van der Waals surface area contributed by atoms with Crippen LogP contribution in [-0.2, 0) is 6.17 Å². The molecule has 2 nitrogen and oxygen atoms in total. The molecule has 0 spiro atoms. The molecule has 0 fully saturated rings. The number of hydrogen-bond acceptors (Lipinski definition) is 1. The SMILES string of the molecule is Clc1ccc(C([SiH2]Cn2ccnc2BC(=Cc2ccccc2)c2ccccc2)c2ccc(Cl)cc2)cc1. The van der Waals surface area contributed by atoms with Gasteiger partial charge in [0.25, 0.3) is 0 Å². The van der Waals surface area contributed by atoms with Crippen LogP contribution in [0.15, 0.2) is 122 Å². The average Bonchev–Trinajstić information content (AvgIpc) is 3.38. The maximum absolute atomic E-state index is 6.20. The van der Waals surface area contributed by atoms with Crippen molar-refractivity contribution in [2.24, 2.45) is 0 Å². The largest absolute Gasteiger partial charge is 0.346 e. The average molecular weight is 537 g/mol. The molecule has 0 radical (unpaired) electrons. The Morgan fingerprint density at radius 3 is 1.95 bits per heavy atom. The van der Waals surface area contributed by atoms with Crippen LogP contribution in [0.2, 0.25) is 10.0 Å². The highest BCUT2D eigenvalue weighted by Gasteiger charge is 2.17. The zero-order valence-electron chi connectivity index (χ0n) is 20.5. The first kappa shape index (κ1) is 25.3. The highest BCUT2D eigenvalue weighted by Crippen LogP contribution is 2.26. The second-order valence-electron chi connectivity index (χ2n) is 9.10. The van der Waals surface area contributed by atoms with Gasteiger partial charge in [0, 0.05) is 28.6 Å². The Morgan fingerprint density at radius 2 is 1.35 bits per heavy atom. The monoisotopic (exact) mass is 536 g/mol. The third kappa shape index (κ3) is 6.72. The fraction of sp³-hybridized carbons (Fsp3) is 0.0645. The third-order valence-electron chi connectivity index (χ3n) is 6.64. The van der Waals surface area contributed by atoms with E-state index >= 15 is 0 Å². The van der Waals surface area contributed by atoms with E-state index in [1.165, 1.54) is 27.7 Å². The van der Waals surface area contributed by atoms with Crippen molar-refractivity contribution < 1.29 is 0 Å². The summed E-state index contributed by atoms with van der Waals surface area (Å²) in [6.45, 7) is 0. The lowest BCUT2D eigenvalue weighted by Gasteiger charge is -2.19. The second kappa shape index (κ2) is 12.3. The van der Waals surface area contributed by atoms with Crippen molar-refractivity contribution in [3.63, 3.8) is 0 Å². The Labute approximate surface area is 231 Å². The van der Waals surface area contributed by atoms with E-state index in [0.717, 1.165) is 29.2 Å². The number of rotatable bonds is 9. The minimum Gasteiger partial charge on any atom is -0.346 e. The van der Waals surface area contributed by atoms with Crippen molar-refractivity contribution >= 4 is 57.3 Å². The van der Waals surface area contributed by atoms with Gasteiger partial charge in [0.1, 0.15) is 0 Å². The van der Waals surface area contributed by atoms with Crippen LogP contribution in [-0.4, -0.2) is 26.4 Å². The number of halogens is 2. The molecule has 0 aliphatic heterocycles. The lowest BCUT2D eigenvalue weighted by molar-refractivity contribution is 0.887. The van der Waals surface area contributed by atoms with Crippen molar-refractivity contribution in [3.05, 3.63) is 154 Å². The summed E-state index contributed by atoms with van der Waals surface area (Å²) in [5.74, 6) is 0. The number of hydrogen-bond donors (Lipinski definition) is 0. The molecule has 0 aliphatic rings. The van der Waals surface area contributed by atoms with E-state index in [1.807, 2.05) is 30.5 Å². The first-order valence-electron chi connectivity index (χ1n) is 12.5. The maximum atomic E-state index is 6.20. The molecule has 0 unspecified atom stereocenters. The fourth-order valence-electron chi connectivity index (χ4n) is 4.70. The number of benzene rings is 4. The summed E-state index contributed by atoms with van der Waals surface area (Å²) < 4.78 is 2.34. The molecule has 0 atom stereocenters. The van der Waals surface area contributed by atoms with Crippen molar-refractivity contribution in [2.75, 3.05) is 0 Å². The summed E-state index contributed by atoms with van der Waals surface area (Å²) in [7, 11) is 0.148. The Hall–Kier alpha value is -3.31. The first-order valence-corrected chi connectivity index (χ1v) is 15.0. The molecular formula is C31H27BCl2N2Si. The van der Waals surface area contributed by atoms with Gasteiger partial charge < -0.3 is 4.57 Å². The van der Waals surface area contributed by atoms with E-state index < -0.39 is 9.52 Å². The first-order chi connectivity index (χ1) is 18.2. The van der Waals surface area contributed by atoms with Crippen LogP contribution in [0.4, 0.5) is 0 Å². The third-order valence-corrected chi connectivity index (χ3v) is 9.40. The van der Waals surface area contributed by atoms with E-state index in [0.29, 0.717) is 5.54 Å². The van der Waals surface area contributed by atoms with Crippen LogP contribution in [0, 0.1) is 0 Å². The smallest absolute Gasteiger partial charge is 0.239 e. The van der Waals surface area contributed by atoms with Gasteiger partial charge in [-0.1, -0.05) is 120 Å². The molecule has 5 aromatic rings. The molecule has 6 heteroatoms. The molecule has 182 valence electrons. The highest BCUT2D eigenvalue weighted by molar-refractivity contribution is 6.73. The minimum atomic E-state index is -0.623. The van der Waals surface area contributed by atoms with Gasteiger partial charge in [-0.3, -0.25) is 4.98 Å². The van der Waals surface area contributed by atoms with Gasteiger partial charge in [0.05, 0.1) is 15.2 Å². The molecule has 0 saturated carbocycles. The van der Waals surface area contributed by atoms with Crippen LogP contribution in [0.5, 0.6) is 0 Å². The van der Waals surface area contributed by atoms with Crippen LogP contribution in [0.25, 0.3) is 11.5 Å². The van der Waals surface area contributed by atoms with Crippen molar-refractivity contribution in [1.29, 1.82) is 0 Å². The summed E-state index contributed by atoms with van der Waals surface area (Å²) in [5, 5.41) is 1.52. The molecule has 0 bridgehead atoms.